The van der Waals surface area contributed by atoms with Gasteiger partial charge in [-0.3, -0.25) is 14.5 Å². The Bertz CT molecular complexity index is 1470. The number of carbonyl (C=O) groups is 1. The van der Waals surface area contributed by atoms with Crippen LogP contribution >= 0.6 is 11.6 Å². The van der Waals surface area contributed by atoms with Crippen LogP contribution in [-0.4, -0.2) is 48.3 Å². The van der Waals surface area contributed by atoms with Crippen LogP contribution in [0.3, 0.4) is 0 Å². The highest BCUT2D eigenvalue weighted by molar-refractivity contribution is 6.36. The summed E-state index contributed by atoms with van der Waals surface area (Å²) in [4.78, 5) is 24.8. The maximum absolute atomic E-state index is 11.5. The van der Waals surface area contributed by atoms with E-state index in [0.29, 0.717) is 51.8 Å². The van der Waals surface area contributed by atoms with Crippen LogP contribution in [0.5, 0.6) is 11.5 Å². The molecular formula is C26H30ClN7O3. The number of hydrogen-bond donors (Lipinski definition) is 1. The number of pyridine rings is 2. The molecule has 4 aromatic rings. The molecule has 0 saturated carbocycles. The van der Waals surface area contributed by atoms with E-state index in [0.717, 1.165) is 18.7 Å². The summed E-state index contributed by atoms with van der Waals surface area (Å²) in [6.07, 6.45) is 4.31. The first-order chi connectivity index (χ1) is 17.6. The molecule has 0 spiro atoms. The van der Waals surface area contributed by atoms with E-state index in [1.54, 1.807) is 24.5 Å². The zero-order valence-electron chi connectivity index (χ0n) is 21.6. The molecule has 0 aliphatic carbocycles. The molecule has 37 heavy (non-hydrogen) atoms. The van der Waals surface area contributed by atoms with Gasteiger partial charge in [0.25, 0.3) is 0 Å². The van der Waals surface area contributed by atoms with Crippen LogP contribution in [0.1, 0.15) is 51.5 Å². The van der Waals surface area contributed by atoms with Crippen LogP contribution in [0, 0.1) is 0 Å². The summed E-state index contributed by atoms with van der Waals surface area (Å²) in [5, 5.41) is 8.57. The third kappa shape index (κ3) is 5.17. The Morgan fingerprint density at radius 2 is 2.11 bits per heavy atom. The van der Waals surface area contributed by atoms with Gasteiger partial charge in [-0.15, -0.1) is 0 Å². The molecule has 10 nitrogen and oxygen atoms in total. The van der Waals surface area contributed by atoms with Gasteiger partial charge in [-0.1, -0.05) is 32.4 Å². The lowest BCUT2D eigenvalue weighted by molar-refractivity contribution is -0.116. The van der Waals surface area contributed by atoms with Crippen molar-refractivity contribution < 1.29 is 14.3 Å². The molecule has 194 valence electrons. The average molecular weight is 524 g/mol. The van der Waals surface area contributed by atoms with Crippen molar-refractivity contribution in [1.29, 1.82) is 0 Å². The first-order valence-electron chi connectivity index (χ1n) is 12.2. The van der Waals surface area contributed by atoms with Gasteiger partial charge in [0.2, 0.25) is 5.95 Å². The minimum absolute atomic E-state index is 0.0247. The number of aromatic nitrogens is 6. The normalized spacial score (nSPS) is 15.9. The summed E-state index contributed by atoms with van der Waals surface area (Å²) in [6, 6.07) is 5.70. The number of aryl methyl sites for hydroxylation is 1. The number of carbonyl (C=O) groups excluding carboxylic acids is 1. The van der Waals surface area contributed by atoms with Crippen LogP contribution < -0.4 is 10.1 Å². The molecule has 1 fully saturated rings. The van der Waals surface area contributed by atoms with Gasteiger partial charge in [-0.25, -0.2) is 4.98 Å². The molecule has 5 heterocycles. The fourth-order valence-electron chi connectivity index (χ4n) is 4.42. The maximum Gasteiger partial charge on any atom is 0.210 e. The number of nitrogens with one attached hydrogen (secondary N) is 1. The van der Waals surface area contributed by atoms with Crippen LogP contribution in [0.25, 0.3) is 11.2 Å². The lowest BCUT2D eigenvalue weighted by Crippen LogP contribution is -2.22. The molecule has 11 heteroatoms. The van der Waals surface area contributed by atoms with Gasteiger partial charge in [0.05, 0.1) is 24.5 Å². The maximum atomic E-state index is 11.5. The van der Waals surface area contributed by atoms with E-state index >= 15 is 0 Å². The predicted octanol–water partition coefficient (Wildman–Crippen LogP) is 5.14. The molecule has 0 amide bonds. The Morgan fingerprint density at radius 3 is 2.81 bits per heavy atom. The van der Waals surface area contributed by atoms with Crippen molar-refractivity contribution >= 4 is 40.3 Å². The first-order valence-corrected chi connectivity index (χ1v) is 12.6. The number of ether oxygens (including phenoxy) is 2. The number of Topliss-reactive ketones (excluding diaryl/α,β-unsaturated/α-hetero) is 1. The second-order valence-corrected chi connectivity index (χ2v) is 10.7. The minimum atomic E-state index is -0.0871. The molecule has 1 saturated heterocycles. The third-order valence-corrected chi connectivity index (χ3v) is 6.61. The summed E-state index contributed by atoms with van der Waals surface area (Å²) in [5.74, 6) is 2.17. The van der Waals surface area contributed by atoms with Crippen molar-refractivity contribution in [1.82, 2.24) is 29.3 Å². The molecule has 5 rings (SSSR count). The smallest absolute Gasteiger partial charge is 0.210 e. The predicted molar refractivity (Wildman–Crippen MR) is 141 cm³/mol. The molecule has 4 aromatic heterocycles. The van der Waals surface area contributed by atoms with Gasteiger partial charge in [-0.05, 0) is 19.4 Å². The first kappa shape index (κ1) is 25.2. The fraction of sp³-hybridized carbons (Fsp3) is 0.423. The molecule has 0 aromatic carbocycles. The lowest BCUT2D eigenvalue weighted by atomic mass is 9.91. The fourth-order valence-corrected chi connectivity index (χ4v) is 4.72. The number of rotatable bonds is 7. The van der Waals surface area contributed by atoms with E-state index < -0.39 is 0 Å². The highest BCUT2D eigenvalue weighted by Crippen LogP contribution is 2.36. The van der Waals surface area contributed by atoms with E-state index in [1.165, 1.54) is 6.92 Å². The quantitative estimate of drug-likeness (QED) is 0.354. The monoisotopic (exact) mass is 523 g/mol. The van der Waals surface area contributed by atoms with Crippen molar-refractivity contribution in [3.05, 3.63) is 47.0 Å². The Hall–Kier alpha value is -3.50. The SMILES string of the molecule is CC(=O)Cc1cc(Oc2cnc3nc(Nc4cc(C(C)(C)C)n([C@@H]5CCOC5)n4)n(C)c3c2Cl)ccn1. The lowest BCUT2D eigenvalue weighted by Gasteiger charge is -2.22. The molecule has 1 atom stereocenters. The standard InChI is InChI=1S/C26H30ClN7O3/c1-15(35)10-16-11-18(6-8-28-16)37-19-13-29-24-23(22(19)27)33(5)25(31-24)30-21-12-20(26(2,3)4)34(32-21)17-7-9-36-14-17/h6,8,11-13,17H,7,9-10,14H2,1-5H3,(H,29,30,31,32)/t17-/m1/s1. The van der Waals surface area contributed by atoms with E-state index in [9.17, 15) is 4.79 Å². The Morgan fingerprint density at radius 1 is 1.30 bits per heavy atom. The van der Waals surface area contributed by atoms with Gasteiger partial charge in [-0.2, -0.15) is 10.1 Å². The number of fused-ring (bicyclic) bond motifs is 1. The molecule has 0 unspecified atom stereocenters. The zero-order chi connectivity index (χ0) is 26.3. The minimum Gasteiger partial charge on any atom is -0.454 e. The molecule has 1 aliphatic heterocycles. The largest absolute Gasteiger partial charge is 0.454 e. The van der Waals surface area contributed by atoms with Crippen LogP contribution in [-0.2, 0) is 28.4 Å². The number of imidazole rings is 1. The van der Waals surface area contributed by atoms with Gasteiger partial charge < -0.3 is 19.4 Å². The Kier molecular flexibility index (Phi) is 6.63. The van der Waals surface area contributed by atoms with E-state index in [4.69, 9.17) is 26.2 Å². The molecule has 1 N–H and O–H groups in total. The number of hydrogen-bond acceptors (Lipinski definition) is 8. The molecule has 0 bridgehead atoms. The Balaban J connectivity index is 1.44. The van der Waals surface area contributed by atoms with Crippen molar-refractivity contribution in [2.75, 3.05) is 18.5 Å². The van der Waals surface area contributed by atoms with E-state index in [-0.39, 0.29) is 23.7 Å². The van der Waals surface area contributed by atoms with Crippen molar-refractivity contribution in [2.24, 2.45) is 7.05 Å². The topological polar surface area (TPSA) is 109 Å². The van der Waals surface area contributed by atoms with Gasteiger partial charge in [0.15, 0.2) is 17.2 Å². The van der Waals surface area contributed by atoms with Gasteiger partial charge >= 0.3 is 0 Å². The van der Waals surface area contributed by atoms with Crippen LogP contribution in [0.2, 0.25) is 5.02 Å². The second-order valence-electron chi connectivity index (χ2n) is 10.3. The molecular weight excluding hydrogens is 494 g/mol. The van der Waals surface area contributed by atoms with E-state index in [1.807, 2.05) is 11.6 Å². The summed E-state index contributed by atoms with van der Waals surface area (Å²) < 4.78 is 15.5. The van der Waals surface area contributed by atoms with Crippen molar-refractivity contribution in [3.8, 4) is 11.5 Å². The Labute approximate surface area is 220 Å². The number of ketones is 1. The van der Waals surface area contributed by atoms with Gasteiger partial charge in [0, 0.05) is 49.5 Å². The van der Waals surface area contributed by atoms with Gasteiger partial charge in [0.1, 0.15) is 22.1 Å². The van der Waals surface area contributed by atoms with Crippen molar-refractivity contribution in [2.45, 2.75) is 52.0 Å². The highest BCUT2D eigenvalue weighted by atomic mass is 35.5. The zero-order valence-corrected chi connectivity index (χ0v) is 22.3. The molecule has 1 aliphatic rings. The average Bonchev–Trinajstić information content (AvgIpc) is 3.55. The number of halogens is 1. The number of anilines is 2. The highest BCUT2D eigenvalue weighted by Gasteiger charge is 2.28. The summed E-state index contributed by atoms with van der Waals surface area (Å²) in [5.41, 5.74) is 2.77. The second kappa shape index (κ2) is 9.75. The molecule has 0 radical (unpaired) electrons. The summed E-state index contributed by atoms with van der Waals surface area (Å²) in [7, 11) is 1.86. The van der Waals surface area contributed by atoms with Crippen molar-refractivity contribution in [3.63, 3.8) is 0 Å². The van der Waals surface area contributed by atoms with Crippen LogP contribution in [0.15, 0.2) is 30.6 Å². The summed E-state index contributed by atoms with van der Waals surface area (Å²) >= 11 is 6.76. The number of nitrogens with zero attached hydrogens (tertiary/aromatic N) is 6. The van der Waals surface area contributed by atoms with E-state index in [2.05, 4.69) is 51.8 Å². The van der Waals surface area contributed by atoms with Crippen LogP contribution in [0.4, 0.5) is 11.8 Å². The summed E-state index contributed by atoms with van der Waals surface area (Å²) in [6.45, 7) is 9.44. The third-order valence-electron chi connectivity index (χ3n) is 6.25.